The molecule has 2 aromatic carbocycles. The van der Waals surface area contributed by atoms with E-state index in [0.29, 0.717) is 60.3 Å². The average Bonchev–Trinajstić information content (AvgIpc) is 2.90. The molecule has 1 heterocycles. The van der Waals surface area contributed by atoms with Crippen molar-refractivity contribution in [1.29, 1.82) is 0 Å². The lowest BCUT2D eigenvalue weighted by molar-refractivity contribution is -0.127. The fourth-order valence-corrected chi connectivity index (χ4v) is 3.83. The number of aliphatic hydroxyl groups is 1. The molecule has 2 aromatic rings. The Hall–Kier alpha value is -3.72. The van der Waals surface area contributed by atoms with E-state index in [1.54, 1.807) is 54.4 Å². The lowest BCUT2D eigenvalue weighted by Crippen LogP contribution is -2.50. The van der Waals surface area contributed by atoms with E-state index in [-0.39, 0.29) is 18.4 Å². The summed E-state index contributed by atoms with van der Waals surface area (Å²) in [6, 6.07) is 8.62. The zero-order valence-electron chi connectivity index (χ0n) is 19.9. The molecule has 1 N–H and O–H groups in total. The lowest BCUT2D eigenvalue weighted by atomic mass is 10.1. The van der Waals surface area contributed by atoms with Crippen LogP contribution in [0.3, 0.4) is 0 Å². The third-order valence-electron chi connectivity index (χ3n) is 5.68. The maximum absolute atomic E-state index is 13.0. The molecule has 1 fully saturated rings. The third-order valence-corrected chi connectivity index (χ3v) is 5.68. The van der Waals surface area contributed by atoms with Crippen LogP contribution in [0.2, 0.25) is 0 Å². The number of rotatable bonds is 8. The lowest BCUT2D eigenvalue weighted by Gasteiger charge is -2.34. The minimum atomic E-state index is -0.282. The van der Waals surface area contributed by atoms with Crippen LogP contribution in [0.5, 0.6) is 23.0 Å². The summed E-state index contributed by atoms with van der Waals surface area (Å²) in [6.07, 6.45) is 3.24. The van der Waals surface area contributed by atoms with E-state index < -0.39 is 0 Å². The Labute approximate surface area is 199 Å². The van der Waals surface area contributed by atoms with Gasteiger partial charge in [-0.15, -0.1) is 0 Å². The number of hydrogen-bond acceptors (Lipinski definition) is 7. The minimum Gasteiger partial charge on any atom is -0.493 e. The first-order valence-corrected chi connectivity index (χ1v) is 10.8. The van der Waals surface area contributed by atoms with Gasteiger partial charge in [-0.2, -0.15) is 0 Å². The van der Waals surface area contributed by atoms with Crippen LogP contribution in [0.1, 0.15) is 21.5 Å². The molecule has 0 saturated carbocycles. The number of methoxy groups -OCH3 is 4. The number of nitrogens with zero attached hydrogens (tertiary/aromatic N) is 2. The molecule has 0 spiro atoms. The number of piperazine rings is 1. The molecule has 0 radical (unpaired) electrons. The normalized spacial score (nSPS) is 13.7. The molecule has 3 rings (SSSR count). The first kappa shape index (κ1) is 24.9. The number of aliphatic hydroxyl groups excluding tert-OH is 1. The Morgan fingerprint density at radius 3 is 2.09 bits per heavy atom. The van der Waals surface area contributed by atoms with E-state index >= 15 is 0 Å². The largest absolute Gasteiger partial charge is 0.493 e. The number of hydrogen-bond donors (Lipinski definition) is 1. The molecular weight excluding hydrogens is 440 g/mol. The molecule has 0 atom stereocenters. The maximum atomic E-state index is 13.0. The Balaban J connectivity index is 1.63. The van der Waals surface area contributed by atoms with Crippen LogP contribution in [0.4, 0.5) is 0 Å². The monoisotopic (exact) mass is 470 g/mol. The zero-order chi connectivity index (χ0) is 24.7. The van der Waals surface area contributed by atoms with Gasteiger partial charge in [0.15, 0.2) is 23.0 Å². The molecule has 9 nitrogen and oxygen atoms in total. The first-order valence-electron chi connectivity index (χ1n) is 10.8. The van der Waals surface area contributed by atoms with Crippen LogP contribution < -0.4 is 18.9 Å². The van der Waals surface area contributed by atoms with Crippen molar-refractivity contribution in [2.75, 3.05) is 54.6 Å². The molecular formula is C25H30N2O7. The molecule has 2 amide bonds. The third kappa shape index (κ3) is 5.43. The van der Waals surface area contributed by atoms with Gasteiger partial charge >= 0.3 is 0 Å². The molecule has 1 aliphatic rings. The van der Waals surface area contributed by atoms with Crippen LogP contribution >= 0.6 is 0 Å². The summed E-state index contributed by atoms with van der Waals surface area (Å²) in [7, 11) is 6.09. The Bertz CT molecular complexity index is 1030. The highest BCUT2D eigenvalue weighted by Gasteiger charge is 2.25. The number of carbonyl (C=O) groups excluding carboxylic acids is 2. The summed E-state index contributed by atoms with van der Waals surface area (Å²) < 4.78 is 21.1. The smallest absolute Gasteiger partial charge is 0.254 e. The SMILES string of the molecule is COc1ccc(/C=C/C(=O)N2CCN(C(=O)c3cc(CO)c(OC)c(OC)c3)CC2)cc1OC. The van der Waals surface area contributed by atoms with E-state index in [1.165, 1.54) is 20.3 Å². The van der Waals surface area contributed by atoms with Crippen molar-refractivity contribution in [1.82, 2.24) is 9.80 Å². The van der Waals surface area contributed by atoms with Crippen molar-refractivity contribution >= 4 is 17.9 Å². The van der Waals surface area contributed by atoms with Gasteiger partial charge < -0.3 is 33.9 Å². The molecule has 1 saturated heterocycles. The second-order valence-electron chi connectivity index (χ2n) is 7.59. The molecule has 0 unspecified atom stereocenters. The fourth-order valence-electron chi connectivity index (χ4n) is 3.83. The van der Waals surface area contributed by atoms with Crippen molar-refractivity contribution in [3.63, 3.8) is 0 Å². The van der Waals surface area contributed by atoms with Crippen LogP contribution in [0.25, 0.3) is 6.08 Å². The second-order valence-corrected chi connectivity index (χ2v) is 7.59. The predicted octanol–water partition coefficient (Wildman–Crippen LogP) is 2.21. The molecule has 182 valence electrons. The molecule has 0 aliphatic carbocycles. The van der Waals surface area contributed by atoms with Gasteiger partial charge in [0.05, 0.1) is 35.0 Å². The minimum absolute atomic E-state index is 0.129. The van der Waals surface area contributed by atoms with Gasteiger partial charge in [-0.3, -0.25) is 9.59 Å². The van der Waals surface area contributed by atoms with E-state index in [4.69, 9.17) is 18.9 Å². The van der Waals surface area contributed by atoms with Crippen LogP contribution in [0.15, 0.2) is 36.4 Å². The summed E-state index contributed by atoms with van der Waals surface area (Å²) >= 11 is 0. The summed E-state index contributed by atoms with van der Waals surface area (Å²) in [6.45, 7) is 1.35. The predicted molar refractivity (Wildman–Crippen MR) is 127 cm³/mol. The molecule has 1 aliphatic heterocycles. The summed E-state index contributed by atoms with van der Waals surface area (Å²) in [5.74, 6) is 1.67. The van der Waals surface area contributed by atoms with Gasteiger partial charge in [-0.1, -0.05) is 6.07 Å². The van der Waals surface area contributed by atoms with Crippen molar-refractivity contribution in [2.45, 2.75) is 6.61 Å². The van der Waals surface area contributed by atoms with Crippen molar-refractivity contribution in [3.8, 4) is 23.0 Å². The van der Waals surface area contributed by atoms with Crippen LogP contribution in [-0.2, 0) is 11.4 Å². The van der Waals surface area contributed by atoms with Gasteiger partial charge in [0.25, 0.3) is 5.91 Å². The average molecular weight is 471 g/mol. The maximum Gasteiger partial charge on any atom is 0.254 e. The molecule has 0 bridgehead atoms. The number of carbonyl (C=O) groups is 2. The van der Waals surface area contributed by atoms with Gasteiger partial charge in [0, 0.05) is 43.4 Å². The topological polar surface area (TPSA) is 97.8 Å². The van der Waals surface area contributed by atoms with Gasteiger partial charge in [-0.25, -0.2) is 0 Å². The summed E-state index contributed by atoms with van der Waals surface area (Å²) in [5.41, 5.74) is 1.68. The van der Waals surface area contributed by atoms with Crippen molar-refractivity contribution in [2.24, 2.45) is 0 Å². The number of ether oxygens (including phenoxy) is 4. The highest BCUT2D eigenvalue weighted by Crippen LogP contribution is 2.33. The van der Waals surface area contributed by atoms with Crippen molar-refractivity contribution < 1.29 is 33.6 Å². The van der Waals surface area contributed by atoms with Gasteiger partial charge in [-0.05, 0) is 35.9 Å². The molecule has 34 heavy (non-hydrogen) atoms. The van der Waals surface area contributed by atoms with E-state index in [2.05, 4.69) is 0 Å². The number of benzene rings is 2. The van der Waals surface area contributed by atoms with Gasteiger partial charge in [0.2, 0.25) is 5.91 Å². The van der Waals surface area contributed by atoms with Crippen molar-refractivity contribution in [3.05, 3.63) is 53.1 Å². The van der Waals surface area contributed by atoms with E-state index in [9.17, 15) is 14.7 Å². The summed E-state index contributed by atoms with van der Waals surface area (Å²) in [5, 5.41) is 9.65. The molecule has 9 heteroatoms. The highest BCUT2D eigenvalue weighted by atomic mass is 16.5. The Kier molecular flexibility index (Phi) is 8.37. The second kappa shape index (κ2) is 11.4. The molecule has 0 aromatic heterocycles. The summed E-state index contributed by atoms with van der Waals surface area (Å²) in [4.78, 5) is 29.1. The standard InChI is InChI=1S/C25H30N2O7/c1-31-20-7-5-17(13-21(20)32-2)6-8-23(29)26-9-11-27(12-10-26)25(30)18-14-19(16-28)24(34-4)22(15-18)33-3/h5-8,13-15,28H,9-12,16H2,1-4H3/b8-6+. The highest BCUT2D eigenvalue weighted by molar-refractivity contribution is 5.96. The van der Waals surface area contributed by atoms with E-state index in [1.807, 2.05) is 6.07 Å². The van der Waals surface area contributed by atoms with Crippen LogP contribution in [-0.4, -0.2) is 81.3 Å². The van der Waals surface area contributed by atoms with E-state index in [0.717, 1.165) is 5.56 Å². The quantitative estimate of drug-likeness (QED) is 0.591. The zero-order valence-corrected chi connectivity index (χ0v) is 19.9. The Morgan fingerprint density at radius 1 is 0.853 bits per heavy atom. The first-order chi connectivity index (χ1) is 16.4. The number of amides is 2. The van der Waals surface area contributed by atoms with Crippen LogP contribution in [0, 0.1) is 0 Å². The Morgan fingerprint density at radius 2 is 1.50 bits per heavy atom. The van der Waals surface area contributed by atoms with Gasteiger partial charge in [0.1, 0.15) is 0 Å². The fraction of sp³-hybridized carbons (Fsp3) is 0.360.